The number of nitrogen functional groups attached to an aromatic ring is 1. The van der Waals surface area contributed by atoms with Crippen LogP contribution in [-0.2, 0) is 0 Å². The first-order valence-electron chi connectivity index (χ1n) is 4.93. The molecule has 0 amide bonds. The summed E-state index contributed by atoms with van der Waals surface area (Å²) in [6.07, 6.45) is 0. The molecule has 0 saturated carbocycles. The van der Waals surface area contributed by atoms with Gasteiger partial charge in [-0.05, 0) is 24.3 Å². The van der Waals surface area contributed by atoms with Gasteiger partial charge in [0.2, 0.25) is 11.1 Å². The SMILES string of the molecule is Nc1nc(SCCSc2ccc(Cl)cc2)n[nH]1. The van der Waals surface area contributed by atoms with Crippen LogP contribution in [0.1, 0.15) is 0 Å². The van der Waals surface area contributed by atoms with E-state index < -0.39 is 0 Å². The molecular weight excluding hydrogens is 276 g/mol. The van der Waals surface area contributed by atoms with Gasteiger partial charge in [-0.2, -0.15) is 4.98 Å². The van der Waals surface area contributed by atoms with Crippen molar-refractivity contribution in [2.24, 2.45) is 0 Å². The molecule has 2 rings (SSSR count). The Bertz CT molecular complexity index is 471. The summed E-state index contributed by atoms with van der Waals surface area (Å²) in [5.74, 6) is 2.28. The van der Waals surface area contributed by atoms with Crippen molar-refractivity contribution in [3.05, 3.63) is 29.3 Å². The lowest BCUT2D eigenvalue weighted by molar-refractivity contribution is 0.974. The lowest BCUT2D eigenvalue weighted by Gasteiger charge is -2.00. The highest BCUT2D eigenvalue weighted by molar-refractivity contribution is 8.02. The van der Waals surface area contributed by atoms with Gasteiger partial charge in [0.25, 0.3) is 0 Å². The third-order valence-corrected chi connectivity index (χ3v) is 4.25. The highest BCUT2D eigenvalue weighted by atomic mass is 35.5. The summed E-state index contributed by atoms with van der Waals surface area (Å²) < 4.78 is 0. The van der Waals surface area contributed by atoms with Crippen molar-refractivity contribution < 1.29 is 0 Å². The van der Waals surface area contributed by atoms with Gasteiger partial charge in [-0.3, -0.25) is 0 Å². The number of nitrogens with two attached hydrogens (primary N) is 1. The fourth-order valence-corrected chi connectivity index (χ4v) is 2.96. The molecular formula is C10H11ClN4S2. The van der Waals surface area contributed by atoms with Gasteiger partial charge in [0.15, 0.2) is 0 Å². The number of aromatic amines is 1. The fourth-order valence-electron chi connectivity index (χ4n) is 1.15. The van der Waals surface area contributed by atoms with Crippen LogP contribution < -0.4 is 5.73 Å². The van der Waals surface area contributed by atoms with Crippen LogP contribution in [0.4, 0.5) is 5.95 Å². The first kappa shape index (κ1) is 12.6. The Kier molecular flexibility index (Phi) is 4.58. The Morgan fingerprint density at radius 3 is 2.53 bits per heavy atom. The van der Waals surface area contributed by atoms with Crippen molar-refractivity contribution in [2.75, 3.05) is 17.2 Å². The second-order valence-corrected chi connectivity index (χ2v) is 5.82. The van der Waals surface area contributed by atoms with E-state index in [0.29, 0.717) is 11.1 Å². The van der Waals surface area contributed by atoms with E-state index in [2.05, 4.69) is 15.2 Å². The zero-order valence-corrected chi connectivity index (χ0v) is 11.3. The maximum Gasteiger partial charge on any atom is 0.216 e. The molecule has 90 valence electrons. The molecule has 0 saturated heterocycles. The van der Waals surface area contributed by atoms with E-state index >= 15 is 0 Å². The van der Waals surface area contributed by atoms with Crippen LogP contribution in [0.2, 0.25) is 5.02 Å². The number of aromatic nitrogens is 3. The third-order valence-electron chi connectivity index (χ3n) is 1.88. The van der Waals surface area contributed by atoms with Crippen molar-refractivity contribution in [2.45, 2.75) is 10.1 Å². The van der Waals surface area contributed by atoms with Crippen LogP contribution in [0.25, 0.3) is 0 Å². The second-order valence-electron chi connectivity index (χ2n) is 3.15. The van der Waals surface area contributed by atoms with Crippen LogP contribution in [-0.4, -0.2) is 26.7 Å². The average molecular weight is 287 g/mol. The lowest BCUT2D eigenvalue weighted by Crippen LogP contribution is -1.86. The number of hydrogen-bond donors (Lipinski definition) is 2. The van der Waals surface area contributed by atoms with Crippen LogP contribution in [0.15, 0.2) is 34.3 Å². The Labute approximate surface area is 113 Å². The quantitative estimate of drug-likeness (QED) is 0.653. The van der Waals surface area contributed by atoms with Gasteiger partial charge in [-0.15, -0.1) is 16.9 Å². The van der Waals surface area contributed by atoms with Crippen molar-refractivity contribution >= 4 is 41.1 Å². The Morgan fingerprint density at radius 2 is 1.88 bits per heavy atom. The molecule has 0 atom stereocenters. The first-order chi connectivity index (χ1) is 8.24. The molecule has 7 heteroatoms. The molecule has 0 aliphatic heterocycles. The van der Waals surface area contributed by atoms with E-state index in [1.165, 1.54) is 4.90 Å². The van der Waals surface area contributed by atoms with E-state index in [1.54, 1.807) is 23.5 Å². The van der Waals surface area contributed by atoms with Crippen LogP contribution >= 0.6 is 35.1 Å². The lowest BCUT2D eigenvalue weighted by atomic mass is 10.4. The Balaban J connectivity index is 1.71. The normalized spacial score (nSPS) is 10.6. The van der Waals surface area contributed by atoms with Gasteiger partial charge in [0, 0.05) is 21.4 Å². The highest BCUT2D eigenvalue weighted by Gasteiger charge is 2.01. The fraction of sp³-hybridized carbons (Fsp3) is 0.200. The van der Waals surface area contributed by atoms with E-state index in [1.807, 2.05) is 24.3 Å². The maximum atomic E-state index is 5.81. The van der Waals surface area contributed by atoms with Gasteiger partial charge in [-0.1, -0.05) is 23.4 Å². The number of nitrogens with one attached hydrogen (secondary N) is 1. The summed E-state index contributed by atoms with van der Waals surface area (Å²) in [7, 11) is 0. The van der Waals surface area contributed by atoms with Crippen molar-refractivity contribution in [1.29, 1.82) is 0 Å². The molecule has 17 heavy (non-hydrogen) atoms. The molecule has 0 spiro atoms. The summed E-state index contributed by atoms with van der Waals surface area (Å²) in [6.45, 7) is 0. The molecule has 1 heterocycles. The number of thioether (sulfide) groups is 2. The standard InChI is InChI=1S/C10H11ClN4S2/c11-7-1-3-8(4-2-7)16-5-6-17-10-13-9(12)14-15-10/h1-4H,5-6H2,(H3,12,13,14,15). The van der Waals surface area contributed by atoms with E-state index in [9.17, 15) is 0 Å². The topological polar surface area (TPSA) is 67.6 Å². The smallest absolute Gasteiger partial charge is 0.216 e. The Hall–Kier alpha value is -0.850. The minimum absolute atomic E-state index is 0.359. The molecule has 2 aromatic rings. The highest BCUT2D eigenvalue weighted by Crippen LogP contribution is 2.22. The zero-order chi connectivity index (χ0) is 12.1. The van der Waals surface area contributed by atoms with Crippen LogP contribution in [0, 0.1) is 0 Å². The van der Waals surface area contributed by atoms with Gasteiger partial charge >= 0.3 is 0 Å². The molecule has 0 aliphatic rings. The minimum Gasteiger partial charge on any atom is -0.368 e. The van der Waals surface area contributed by atoms with Crippen LogP contribution in [0.5, 0.6) is 0 Å². The summed E-state index contributed by atoms with van der Waals surface area (Å²) >= 11 is 9.17. The first-order valence-corrected chi connectivity index (χ1v) is 7.28. The number of benzene rings is 1. The monoisotopic (exact) mass is 286 g/mol. The molecule has 0 aliphatic carbocycles. The molecule has 4 nitrogen and oxygen atoms in total. The molecule has 0 fully saturated rings. The third kappa shape index (κ3) is 4.14. The van der Waals surface area contributed by atoms with Crippen molar-refractivity contribution in [3.63, 3.8) is 0 Å². The number of anilines is 1. The Morgan fingerprint density at radius 1 is 1.18 bits per heavy atom. The van der Waals surface area contributed by atoms with Crippen LogP contribution in [0.3, 0.4) is 0 Å². The molecule has 0 bridgehead atoms. The van der Waals surface area contributed by atoms with Crippen molar-refractivity contribution in [3.8, 4) is 0 Å². The number of hydrogen-bond acceptors (Lipinski definition) is 5. The van der Waals surface area contributed by atoms with Crippen molar-refractivity contribution in [1.82, 2.24) is 15.2 Å². The van der Waals surface area contributed by atoms with Gasteiger partial charge < -0.3 is 5.73 Å². The maximum absolute atomic E-state index is 5.81. The number of nitrogens with zero attached hydrogens (tertiary/aromatic N) is 2. The predicted molar refractivity (Wildman–Crippen MR) is 73.7 cm³/mol. The number of rotatable bonds is 5. The van der Waals surface area contributed by atoms with E-state index in [0.717, 1.165) is 16.5 Å². The zero-order valence-electron chi connectivity index (χ0n) is 8.89. The predicted octanol–water partition coefficient (Wildman–Crippen LogP) is 2.92. The minimum atomic E-state index is 0.359. The molecule has 1 aromatic carbocycles. The summed E-state index contributed by atoms with van der Waals surface area (Å²) in [5, 5.41) is 8.01. The largest absolute Gasteiger partial charge is 0.368 e. The van der Waals surface area contributed by atoms with E-state index in [-0.39, 0.29) is 0 Å². The number of halogens is 1. The summed E-state index contributed by atoms with van der Waals surface area (Å²) in [4.78, 5) is 5.23. The van der Waals surface area contributed by atoms with Gasteiger partial charge in [0.05, 0.1) is 0 Å². The second kappa shape index (κ2) is 6.18. The van der Waals surface area contributed by atoms with Gasteiger partial charge in [-0.25, -0.2) is 5.10 Å². The van der Waals surface area contributed by atoms with E-state index in [4.69, 9.17) is 17.3 Å². The average Bonchev–Trinajstić information content (AvgIpc) is 2.73. The number of H-pyrrole nitrogens is 1. The molecule has 3 N–H and O–H groups in total. The van der Waals surface area contributed by atoms with Gasteiger partial charge in [0.1, 0.15) is 0 Å². The molecule has 0 radical (unpaired) electrons. The summed E-state index contributed by atoms with van der Waals surface area (Å²) in [5.41, 5.74) is 5.43. The molecule has 0 unspecified atom stereocenters. The molecule has 1 aromatic heterocycles. The summed E-state index contributed by atoms with van der Waals surface area (Å²) in [6, 6.07) is 7.82.